The van der Waals surface area contributed by atoms with Gasteiger partial charge < -0.3 is 4.74 Å². The van der Waals surface area contributed by atoms with Crippen molar-refractivity contribution in [3.63, 3.8) is 0 Å². The van der Waals surface area contributed by atoms with E-state index in [1.165, 1.54) is 6.42 Å². The zero-order valence-corrected chi connectivity index (χ0v) is 11.5. The van der Waals surface area contributed by atoms with Gasteiger partial charge in [0, 0.05) is 16.5 Å². The smallest absolute Gasteiger partial charge is 0.159 e. The number of hydrogen-bond donors (Lipinski definition) is 0. The van der Waals surface area contributed by atoms with E-state index in [1.54, 1.807) is 0 Å². The second-order valence-corrected chi connectivity index (χ2v) is 5.49. The first kappa shape index (κ1) is 11.5. The Kier molecular flexibility index (Phi) is 3.11. The average Bonchev–Trinajstić information content (AvgIpc) is 2.67. The molecule has 2 heterocycles. The van der Waals surface area contributed by atoms with Crippen LogP contribution in [0.5, 0.6) is 0 Å². The summed E-state index contributed by atoms with van der Waals surface area (Å²) in [4.78, 5) is 0. The highest BCUT2D eigenvalue weighted by molar-refractivity contribution is 9.10. The van der Waals surface area contributed by atoms with Crippen molar-refractivity contribution in [2.75, 3.05) is 6.61 Å². The summed E-state index contributed by atoms with van der Waals surface area (Å²) in [5, 5.41) is 5.91. The molecule has 0 bridgehead atoms. The molecule has 5 heteroatoms. The van der Waals surface area contributed by atoms with E-state index in [0.717, 1.165) is 34.8 Å². The molecule has 1 aliphatic heterocycles. The molecule has 0 radical (unpaired) electrons. The first-order valence-electron chi connectivity index (χ1n) is 5.70. The lowest BCUT2D eigenvalue weighted by atomic mass is 10.2. The molecular formula is C12H12BrClN2O. The van der Waals surface area contributed by atoms with Gasteiger partial charge in [-0.15, -0.1) is 0 Å². The molecule has 2 aromatic rings. The SMILES string of the molecule is Clc1nn(C2CCCCO2)c2cc(Br)ccc12. The monoisotopic (exact) mass is 314 g/mol. The average molecular weight is 316 g/mol. The molecule has 0 saturated carbocycles. The summed E-state index contributed by atoms with van der Waals surface area (Å²) in [6.45, 7) is 0.803. The molecule has 1 saturated heterocycles. The standard InChI is InChI=1S/C12H12BrClN2O/c13-8-4-5-9-10(7-8)16(15-12(9)14)11-3-1-2-6-17-11/h4-5,7,11H,1-3,6H2. The van der Waals surface area contributed by atoms with Gasteiger partial charge in [-0.05, 0) is 37.5 Å². The van der Waals surface area contributed by atoms with E-state index in [9.17, 15) is 0 Å². The summed E-state index contributed by atoms with van der Waals surface area (Å²) in [5.74, 6) is 0. The summed E-state index contributed by atoms with van der Waals surface area (Å²) in [6.07, 6.45) is 3.33. The Bertz CT molecular complexity index is 549. The van der Waals surface area contributed by atoms with Crippen LogP contribution in [0.4, 0.5) is 0 Å². The van der Waals surface area contributed by atoms with E-state index in [-0.39, 0.29) is 6.23 Å². The van der Waals surface area contributed by atoms with Crippen LogP contribution >= 0.6 is 27.5 Å². The van der Waals surface area contributed by atoms with E-state index < -0.39 is 0 Å². The second-order valence-electron chi connectivity index (χ2n) is 4.22. The molecule has 1 unspecified atom stereocenters. The number of halogens is 2. The molecule has 90 valence electrons. The van der Waals surface area contributed by atoms with Crippen LogP contribution in [-0.2, 0) is 4.74 Å². The van der Waals surface area contributed by atoms with Crippen molar-refractivity contribution in [1.82, 2.24) is 9.78 Å². The van der Waals surface area contributed by atoms with Crippen molar-refractivity contribution >= 4 is 38.4 Å². The van der Waals surface area contributed by atoms with Gasteiger partial charge >= 0.3 is 0 Å². The van der Waals surface area contributed by atoms with Gasteiger partial charge in [0.25, 0.3) is 0 Å². The van der Waals surface area contributed by atoms with Gasteiger partial charge in [0.15, 0.2) is 11.4 Å². The number of nitrogens with zero attached hydrogens (tertiary/aromatic N) is 2. The number of hydrogen-bond acceptors (Lipinski definition) is 2. The molecule has 0 N–H and O–H groups in total. The van der Waals surface area contributed by atoms with Crippen molar-refractivity contribution in [1.29, 1.82) is 0 Å². The quantitative estimate of drug-likeness (QED) is 0.790. The largest absolute Gasteiger partial charge is 0.356 e. The van der Waals surface area contributed by atoms with E-state index >= 15 is 0 Å². The summed E-state index contributed by atoms with van der Waals surface area (Å²) in [5.41, 5.74) is 1.02. The maximum absolute atomic E-state index is 6.15. The topological polar surface area (TPSA) is 27.1 Å². The number of ether oxygens (including phenoxy) is 1. The van der Waals surface area contributed by atoms with Gasteiger partial charge in [-0.3, -0.25) is 0 Å². The molecular weight excluding hydrogens is 304 g/mol. The van der Waals surface area contributed by atoms with Crippen molar-refractivity contribution in [3.05, 3.63) is 27.8 Å². The molecule has 0 spiro atoms. The van der Waals surface area contributed by atoms with Gasteiger partial charge in [-0.1, -0.05) is 27.5 Å². The Labute approximate surface area is 113 Å². The Morgan fingerprint density at radius 3 is 3.06 bits per heavy atom. The fraction of sp³-hybridized carbons (Fsp3) is 0.417. The highest BCUT2D eigenvalue weighted by Gasteiger charge is 2.20. The third-order valence-corrected chi connectivity index (χ3v) is 3.83. The lowest BCUT2D eigenvalue weighted by molar-refractivity contribution is -0.0366. The Hall–Kier alpha value is -0.580. The molecule has 3 nitrogen and oxygen atoms in total. The van der Waals surface area contributed by atoms with Gasteiger partial charge in [0.1, 0.15) is 0 Å². The van der Waals surface area contributed by atoms with E-state index in [0.29, 0.717) is 5.15 Å². The first-order chi connectivity index (χ1) is 8.25. The molecule has 1 aliphatic rings. The molecule has 1 aromatic heterocycles. The van der Waals surface area contributed by atoms with Gasteiger partial charge in [-0.25, -0.2) is 4.68 Å². The Balaban J connectivity index is 2.11. The minimum absolute atomic E-state index is 0.0213. The highest BCUT2D eigenvalue weighted by Crippen LogP contribution is 2.31. The Morgan fingerprint density at radius 2 is 2.29 bits per heavy atom. The molecule has 3 rings (SSSR count). The summed E-state index contributed by atoms with van der Waals surface area (Å²) < 4.78 is 8.68. The van der Waals surface area contributed by atoms with E-state index in [1.807, 2.05) is 22.9 Å². The first-order valence-corrected chi connectivity index (χ1v) is 6.87. The molecule has 1 aromatic carbocycles. The zero-order valence-electron chi connectivity index (χ0n) is 9.20. The van der Waals surface area contributed by atoms with Crippen molar-refractivity contribution < 1.29 is 4.74 Å². The van der Waals surface area contributed by atoms with Gasteiger partial charge in [-0.2, -0.15) is 5.10 Å². The number of fused-ring (bicyclic) bond motifs is 1. The lowest BCUT2D eigenvalue weighted by Gasteiger charge is -2.23. The molecule has 0 aliphatic carbocycles. The Morgan fingerprint density at radius 1 is 1.41 bits per heavy atom. The third-order valence-electron chi connectivity index (χ3n) is 3.05. The van der Waals surface area contributed by atoms with Crippen LogP contribution in [0.3, 0.4) is 0 Å². The van der Waals surface area contributed by atoms with Crippen LogP contribution in [0, 0.1) is 0 Å². The van der Waals surface area contributed by atoms with Crippen molar-refractivity contribution in [2.45, 2.75) is 25.5 Å². The lowest BCUT2D eigenvalue weighted by Crippen LogP contribution is -2.19. The maximum Gasteiger partial charge on any atom is 0.159 e. The second kappa shape index (κ2) is 4.59. The third kappa shape index (κ3) is 2.09. The minimum atomic E-state index is 0.0213. The number of aromatic nitrogens is 2. The predicted molar refractivity (Wildman–Crippen MR) is 71.3 cm³/mol. The van der Waals surface area contributed by atoms with Gasteiger partial charge in [0.05, 0.1) is 5.52 Å². The van der Waals surface area contributed by atoms with Crippen LogP contribution in [0.15, 0.2) is 22.7 Å². The fourth-order valence-electron chi connectivity index (χ4n) is 2.21. The highest BCUT2D eigenvalue weighted by atomic mass is 79.9. The van der Waals surface area contributed by atoms with Crippen LogP contribution in [0.25, 0.3) is 10.9 Å². The van der Waals surface area contributed by atoms with Crippen molar-refractivity contribution in [2.24, 2.45) is 0 Å². The van der Waals surface area contributed by atoms with Crippen LogP contribution in [0.2, 0.25) is 5.15 Å². The molecule has 1 fully saturated rings. The van der Waals surface area contributed by atoms with Crippen LogP contribution in [0.1, 0.15) is 25.5 Å². The normalized spacial score (nSPS) is 20.9. The molecule has 17 heavy (non-hydrogen) atoms. The van der Waals surface area contributed by atoms with Crippen molar-refractivity contribution in [3.8, 4) is 0 Å². The number of rotatable bonds is 1. The summed E-state index contributed by atoms with van der Waals surface area (Å²) in [7, 11) is 0. The van der Waals surface area contributed by atoms with Crippen LogP contribution < -0.4 is 0 Å². The minimum Gasteiger partial charge on any atom is -0.356 e. The summed E-state index contributed by atoms with van der Waals surface area (Å²) in [6, 6.07) is 5.99. The molecule has 1 atom stereocenters. The predicted octanol–water partition coefficient (Wildman–Crippen LogP) is 4.15. The fourth-order valence-corrected chi connectivity index (χ4v) is 2.80. The maximum atomic E-state index is 6.15. The van der Waals surface area contributed by atoms with Crippen LogP contribution in [-0.4, -0.2) is 16.4 Å². The van der Waals surface area contributed by atoms with E-state index in [2.05, 4.69) is 21.0 Å². The molecule has 0 amide bonds. The zero-order chi connectivity index (χ0) is 11.8. The van der Waals surface area contributed by atoms with Gasteiger partial charge in [0.2, 0.25) is 0 Å². The van der Waals surface area contributed by atoms with E-state index in [4.69, 9.17) is 16.3 Å². The number of benzene rings is 1. The summed E-state index contributed by atoms with van der Waals surface area (Å²) >= 11 is 9.62.